The lowest BCUT2D eigenvalue weighted by atomic mass is 9.94. The number of nitrogens with zero attached hydrogens (tertiary/aromatic N) is 1. The van der Waals surface area contributed by atoms with Gasteiger partial charge in [-0.15, -0.1) is 12.4 Å². The molecule has 1 saturated heterocycles. The van der Waals surface area contributed by atoms with Gasteiger partial charge in [-0.1, -0.05) is 30.3 Å². The van der Waals surface area contributed by atoms with Crippen molar-refractivity contribution in [2.45, 2.75) is 19.0 Å². The van der Waals surface area contributed by atoms with Gasteiger partial charge in [-0.05, 0) is 61.7 Å². The summed E-state index contributed by atoms with van der Waals surface area (Å²) in [6.07, 6.45) is -2.32. The van der Waals surface area contributed by atoms with Crippen molar-refractivity contribution in [3.63, 3.8) is 0 Å². The van der Waals surface area contributed by atoms with Crippen molar-refractivity contribution in [1.29, 1.82) is 0 Å². The van der Waals surface area contributed by atoms with Crippen LogP contribution in [0.2, 0.25) is 0 Å². The van der Waals surface area contributed by atoms with Crippen LogP contribution in [0.4, 0.5) is 13.2 Å². The number of benzene rings is 2. The number of halogens is 4. The van der Waals surface area contributed by atoms with Crippen LogP contribution in [0, 0.1) is 5.92 Å². The third-order valence-electron chi connectivity index (χ3n) is 4.98. The Hall–Kier alpha value is -2.05. The standard InChI is InChI=1S/C21H23F3N2O.ClH/c1-25-13-15-5-4-12-26(14-15)20(27)19-7-3-2-6-18(19)16-8-10-17(11-9-16)21(22,23)24;/h2-3,6-11,15,25H,4-5,12-14H2,1H3;1H. The summed E-state index contributed by atoms with van der Waals surface area (Å²) in [4.78, 5) is 15.0. The molecule has 3 rings (SSSR count). The molecule has 28 heavy (non-hydrogen) atoms. The Labute approximate surface area is 169 Å². The highest BCUT2D eigenvalue weighted by atomic mass is 35.5. The van der Waals surface area contributed by atoms with Crippen LogP contribution in [0.1, 0.15) is 28.8 Å². The lowest BCUT2D eigenvalue weighted by Crippen LogP contribution is -2.42. The van der Waals surface area contributed by atoms with E-state index < -0.39 is 11.7 Å². The second-order valence-corrected chi connectivity index (χ2v) is 6.94. The van der Waals surface area contributed by atoms with E-state index in [2.05, 4.69) is 5.32 Å². The predicted octanol–water partition coefficient (Wildman–Crippen LogP) is 4.87. The van der Waals surface area contributed by atoms with Gasteiger partial charge >= 0.3 is 6.18 Å². The molecule has 0 bridgehead atoms. The fourth-order valence-electron chi connectivity index (χ4n) is 3.64. The molecular formula is C21H24ClF3N2O. The summed E-state index contributed by atoms with van der Waals surface area (Å²) < 4.78 is 38.4. The molecule has 0 aromatic heterocycles. The highest BCUT2D eigenvalue weighted by Crippen LogP contribution is 2.32. The van der Waals surface area contributed by atoms with Crippen LogP contribution >= 0.6 is 12.4 Å². The normalized spacial score (nSPS) is 17.1. The predicted molar refractivity (Wildman–Crippen MR) is 107 cm³/mol. The Morgan fingerprint density at radius 1 is 1.14 bits per heavy atom. The van der Waals surface area contributed by atoms with Gasteiger partial charge in [-0.2, -0.15) is 13.2 Å². The number of carbonyl (C=O) groups is 1. The highest BCUT2D eigenvalue weighted by Gasteiger charge is 2.30. The van der Waals surface area contributed by atoms with Gasteiger partial charge in [-0.25, -0.2) is 0 Å². The Bertz CT molecular complexity index is 791. The first kappa shape index (κ1) is 22.2. The molecule has 2 aromatic rings. The van der Waals surface area contributed by atoms with E-state index in [4.69, 9.17) is 0 Å². The first-order chi connectivity index (χ1) is 12.9. The molecule has 1 atom stereocenters. The third kappa shape index (κ3) is 5.06. The third-order valence-corrected chi connectivity index (χ3v) is 4.98. The molecule has 0 aliphatic carbocycles. The highest BCUT2D eigenvalue weighted by molar-refractivity contribution is 6.01. The molecule has 2 aromatic carbocycles. The number of nitrogens with one attached hydrogen (secondary N) is 1. The number of alkyl halides is 3. The molecule has 1 aliphatic rings. The summed E-state index contributed by atoms with van der Waals surface area (Å²) in [6.45, 7) is 2.27. The molecule has 0 spiro atoms. The summed E-state index contributed by atoms with van der Waals surface area (Å²) in [5.74, 6) is 0.359. The van der Waals surface area contributed by atoms with Crippen molar-refractivity contribution in [1.82, 2.24) is 10.2 Å². The molecule has 1 amide bonds. The van der Waals surface area contributed by atoms with Crippen LogP contribution < -0.4 is 5.32 Å². The Morgan fingerprint density at radius 2 is 1.82 bits per heavy atom. The summed E-state index contributed by atoms with van der Waals surface area (Å²) in [7, 11) is 1.90. The Balaban J connectivity index is 0.00000280. The molecule has 1 fully saturated rings. The van der Waals surface area contributed by atoms with E-state index in [1.165, 1.54) is 12.1 Å². The number of amides is 1. The van der Waals surface area contributed by atoms with Gasteiger partial charge in [0, 0.05) is 18.7 Å². The Morgan fingerprint density at radius 3 is 2.46 bits per heavy atom. The summed E-state index contributed by atoms with van der Waals surface area (Å²) in [5.41, 5.74) is 1.10. The monoisotopic (exact) mass is 412 g/mol. The maximum atomic E-state index is 13.1. The van der Waals surface area contributed by atoms with Crippen LogP contribution in [0.15, 0.2) is 48.5 Å². The van der Waals surface area contributed by atoms with Crippen molar-refractivity contribution in [2.75, 3.05) is 26.7 Å². The number of carbonyl (C=O) groups excluding carboxylic acids is 1. The number of hydrogen-bond acceptors (Lipinski definition) is 2. The fraction of sp³-hybridized carbons (Fsp3) is 0.381. The molecule has 1 aliphatic heterocycles. The molecule has 1 N–H and O–H groups in total. The van der Waals surface area contributed by atoms with E-state index in [0.717, 1.165) is 31.5 Å². The molecule has 0 radical (unpaired) electrons. The molecule has 1 heterocycles. The minimum atomic E-state index is -4.37. The van der Waals surface area contributed by atoms with Gasteiger partial charge < -0.3 is 10.2 Å². The van der Waals surface area contributed by atoms with Gasteiger partial charge in [0.2, 0.25) is 0 Å². The van der Waals surface area contributed by atoms with Crippen LogP contribution in [0.5, 0.6) is 0 Å². The second kappa shape index (κ2) is 9.43. The van der Waals surface area contributed by atoms with Crippen molar-refractivity contribution in [3.05, 3.63) is 59.7 Å². The summed E-state index contributed by atoms with van der Waals surface area (Å²) in [6, 6.07) is 12.1. The first-order valence-electron chi connectivity index (χ1n) is 9.10. The first-order valence-corrected chi connectivity index (χ1v) is 9.10. The number of rotatable bonds is 4. The lowest BCUT2D eigenvalue weighted by Gasteiger charge is -2.33. The lowest BCUT2D eigenvalue weighted by molar-refractivity contribution is -0.137. The smallest absolute Gasteiger partial charge is 0.338 e. The van der Waals surface area contributed by atoms with E-state index in [-0.39, 0.29) is 18.3 Å². The van der Waals surface area contributed by atoms with Crippen molar-refractivity contribution in [2.24, 2.45) is 5.92 Å². The van der Waals surface area contributed by atoms with Gasteiger partial charge in [-0.3, -0.25) is 4.79 Å². The zero-order chi connectivity index (χ0) is 19.4. The number of likely N-dealkylation sites (tertiary alicyclic amines) is 1. The zero-order valence-electron chi connectivity index (χ0n) is 15.6. The summed E-state index contributed by atoms with van der Waals surface area (Å²) in [5, 5.41) is 3.16. The van der Waals surface area contributed by atoms with Crippen LogP contribution in [0.3, 0.4) is 0 Å². The molecule has 0 saturated carbocycles. The topological polar surface area (TPSA) is 32.3 Å². The largest absolute Gasteiger partial charge is 0.416 e. The minimum absolute atomic E-state index is 0. The van der Waals surface area contributed by atoms with Crippen molar-refractivity contribution in [3.8, 4) is 11.1 Å². The fourth-order valence-corrected chi connectivity index (χ4v) is 3.64. The van der Waals surface area contributed by atoms with Crippen molar-refractivity contribution < 1.29 is 18.0 Å². The number of piperidine rings is 1. The van der Waals surface area contributed by atoms with E-state index in [0.29, 0.717) is 35.7 Å². The van der Waals surface area contributed by atoms with Gasteiger partial charge in [0.25, 0.3) is 5.91 Å². The van der Waals surface area contributed by atoms with E-state index in [1.54, 1.807) is 24.3 Å². The molecule has 152 valence electrons. The molecule has 1 unspecified atom stereocenters. The average Bonchev–Trinajstić information content (AvgIpc) is 2.67. The van der Waals surface area contributed by atoms with Gasteiger partial charge in [0.15, 0.2) is 0 Å². The van der Waals surface area contributed by atoms with Gasteiger partial charge in [0.1, 0.15) is 0 Å². The molecular weight excluding hydrogens is 389 g/mol. The van der Waals surface area contributed by atoms with Crippen LogP contribution in [0.25, 0.3) is 11.1 Å². The van der Waals surface area contributed by atoms with Crippen molar-refractivity contribution >= 4 is 18.3 Å². The van der Waals surface area contributed by atoms with Crippen LogP contribution in [-0.4, -0.2) is 37.5 Å². The summed E-state index contributed by atoms with van der Waals surface area (Å²) >= 11 is 0. The SMILES string of the molecule is CNCC1CCCN(C(=O)c2ccccc2-c2ccc(C(F)(F)F)cc2)C1.Cl. The second-order valence-electron chi connectivity index (χ2n) is 6.94. The zero-order valence-corrected chi connectivity index (χ0v) is 16.4. The Kier molecular flexibility index (Phi) is 7.49. The quantitative estimate of drug-likeness (QED) is 0.777. The average molecular weight is 413 g/mol. The number of hydrogen-bond donors (Lipinski definition) is 1. The van der Waals surface area contributed by atoms with Gasteiger partial charge in [0.05, 0.1) is 5.56 Å². The van der Waals surface area contributed by atoms with E-state index in [9.17, 15) is 18.0 Å². The maximum absolute atomic E-state index is 13.1. The minimum Gasteiger partial charge on any atom is -0.338 e. The molecule has 7 heteroatoms. The van der Waals surface area contributed by atoms with E-state index >= 15 is 0 Å². The molecule has 3 nitrogen and oxygen atoms in total. The van der Waals surface area contributed by atoms with Crippen LogP contribution in [-0.2, 0) is 6.18 Å². The maximum Gasteiger partial charge on any atom is 0.416 e. The van der Waals surface area contributed by atoms with E-state index in [1.807, 2.05) is 11.9 Å².